The van der Waals surface area contributed by atoms with Gasteiger partial charge in [-0.2, -0.15) is 0 Å². The number of carbonyl (C=O) groups excluding carboxylic acids is 1. The zero-order chi connectivity index (χ0) is 9.68. The fourth-order valence-corrected chi connectivity index (χ4v) is 1.95. The van der Waals surface area contributed by atoms with E-state index in [-0.39, 0.29) is 10.7 Å². The molecule has 0 bridgehead atoms. The van der Waals surface area contributed by atoms with Gasteiger partial charge in [0.2, 0.25) is 5.91 Å². The van der Waals surface area contributed by atoms with E-state index in [1.807, 2.05) is 11.8 Å². The lowest BCUT2D eigenvalue weighted by atomic mass is 10.2. The molecule has 1 rings (SSSR count). The summed E-state index contributed by atoms with van der Waals surface area (Å²) in [5.41, 5.74) is 0. The zero-order valence-corrected chi connectivity index (χ0v) is 9.85. The van der Waals surface area contributed by atoms with Crippen LogP contribution in [0, 0.1) is 0 Å². The lowest BCUT2D eigenvalue weighted by molar-refractivity contribution is -0.130. The van der Waals surface area contributed by atoms with Crippen LogP contribution in [-0.2, 0) is 4.79 Å². The lowest BCUT2D eigenvalue weighted by Gasteiger charge is -2.22. The summed E-state index contributed by atoms with van der Waals surface area (Å²) in [5.74, 6) is 0.282. The first kappa shape index (κ1) is 11.0. The van der Waals surface area contributed by atoms with Crippen LogP contribution in [-0.4, -0.2) is 28.7 Å². The molecule has 1 fully saturated rings. The normalized spacial score (nSPS) is 20.9. The highest BCUT2D eigenvalue weighted by atomic mass is 79.9. The van der Waals surface area contributed by atoms with E-state index >= 15 is 0 Å². The molecule has 0 radical (unpaired) electrons. The van der Waals surface area contributed by atoms with Gasteiger partial charge in [0.25, 0.3) is 0 Å². The Balaban J connectivity index is 2.43. The molecule has 0 saturated carbocycles. The number of hydrogen-bond donors (Lipinski definition) is 0. The Morgan fingerprint density at radius 3 is 2.31 bits per heavy atom. The first-order chi connectivity index (χ1) is 6.25. The van der Waals surface area contributed by atoms with Gasteiger partial charge < -0.3 is 4.90 Å². The van der Waals surface area contributed by atoms with Crippen molar-refractivity contribution >= 4 is 21.8 Å². The summed E-state index contributed by atoms with van der Waals surface area (Å²) in [6.45, 7) is 3.96. The molecule has 1 aliphatic rings. The van der Waals surface area contributed by atoms with Gasteiger partial charge in [-0.3, -0.25) is 4.79 Å². The van der Waals surface area contributed by atoms with E-state index < -0.39 is 0 Å². The second kappa shape index (κ2) is 5.63. The SMILES string of the molecule is CCC(Br)C(=O)N1CCCCCC1. The molecule has 76 valence electrons. The fraction of sp³-hybridized carbons (Fsp3) is 0.900. The number of rotatable bonds is 2. The Labute approximate surface area is 88.8 Å². The first-order valence-corrected chi connectivity index (χ1v) is 6.10. The number of carbonyl (C=O) groups is 1. The number of hydrogen-bond acceptors (Lipinski definition) is 1. The van der Waals surface area contributed by atoms with Gasteiger partial charge in [-0.25, -0.2) is 0 Å². The maximum Gasteiger partial charge on any atom is 0.236 e. The minimum Gasteiger partial charge on any atom is -0.342 e. The predicted octanol–water partition coefficient (Wildman–Crippen LogP) is 2.56. The molecule has 2 nitrogen and oxygen atoms in total. The number of amides is 1. The summed E-state index contributed by atoms with van der Waals surface area (Å²) >= 11 is 3.41. The number of halogens is 1. The minimum atomic E-state index is 0.0330. The summed E-state index contributed by atoms with van der Waals surface area (Å²) in [5, 5.41) is 0. The topological polar surface area (TPSA) is 20.3 Å². The molecule has 0 N–H and O–H groups in total. The van der Waals surface area contributed by atoms with Crippen molar-refractivity contribution in [1.29, 1.82) is 0 Å². The van der Waals surface area contributed by atoms with Crippen molar-refractivity contribution in [2.75, 3.05) is 13.1 Å². The summed E-state index contributed by atoms with van der Waals surface area (Å²) in [6.07, 6.45) is 5.80. The van der Waals surface area contributed by atoms with Crippen LogP contribution in [0.25, 0.3) is 0 Å². The molecule has 0 aromatic heterocycles. The van der Waals surface area contributed by atoms with Gasteiger partial charge in [0.1, 0.15) is 0 Å². The van der Waals surface area contributed by atoms with Crippen LogP contribution >= 0.6 is 15.9 Å². The summed E-state index contributed by atoms with van der Waals surface area (Å²) in [7, 11) is 0. The molecule has 0 spiro atoms. The number of likely N-dealkylation sites (tertiary alicyclic amines) is 1. The maximum absolute atomic E-state index is 11.8. The van der Waals surface area contributed by atoms with E-state index in [4.69, 9.17) is 0 Å². The molecular formula is C10H18BrNO. The van der Waals surface area contributed by atoms with Crippen LogP contribution in [0.1, 0.15) is 39.0 Å². The monoisotopic (exact) mass is 247 g/mol. The van der Waals surface area contributed by atoms with Crippen molar-refractivity contribution in [3.63, 3.8) is 0 Å². The molecule has 0 aromatic rings. The molecule has 1 unspecified atom stereocenters. The van der Waals surface area contributed by atoms with E-state index in [9.17, 15) is 4.79 Å². The van der Waals surface area contributed by atoms with Gasteiger partial charge in [-0.1, -0.05) is 35.7 Å². The van der Waals surface area contributed by atoms with Gasteiger partial charge in [0, 0.05) is 13.1 Å². The molecule has 1 saturated heterocycles. The van der Waals surface area contributed by atoms with Crippen molar-refractivity contribution in [2.45, 2.75) is 43.9 Å². The van der Waals surface area contributed by atoms with E-state index in [0.717, 1.165) is 19.5 Å². The quantitative estimate of drug-likeness (QED) is 0.688. The largest absolute Gasteiger partial charge is 0.342 e. The number of nitrogens with zero attached hydrogens (tertiary/aromatic N) is 1. The average molecular weight is 248 g/mol. The van der Waals surface area contributed by atoms with Crippen LogP contribution in [0.4, 0.5) is 0 Å². The third-order valence-electron chi connectivity index (χ3n) is 2.54. The van der Waals surface area contributed by atoms with E-state index in [1.165, 1.54) is 25.7 Å². The van der Waals surface area contributed by atoms with Crippen molar-refractivity contribution in [3.05, 3.63) is 0 Å². The smallest absolute Gasteiger partial charge is 0.236 e. The van der Waals surface area contributed by atoms with Crippen molar-refractivity contribution in [3.8, 4) is 0 Å². The summed E-state index contributed by atoms with van der Waals surface area (Å²) in [4.78, 5) is 13.8. The third kappa shape index (κ3) is 3.29. The first-order valence-electron chi connectivity index (χ1n) is 5.18. The van der Waals surface area contributed by atoms with E-state index in [0.29, 0.717) is 0 Å². The van der Waals surface area contributed by atoms with Gasteiger partial charge in [-0.05, 0) is 19.3 Å². The Kier molecular flexibility index (Phi) is 4.78. The van der Waals surface area contributed by atoms with Crippen molar-refractivity contribution in [2.24, 2.45) is 0 Å². The van der Waals surface area contributed by atoms with Crippen LogP contribution in [0.15, 0.2) is 0 Å². The standard InChI is InChI=1S/C10H18BrNO/c1-2-9(11)10(13)12-7-5-3-4-6-8-12/h9H,2-8H2,1H3. The third-order valence-corrected chi connectivity index (χ3v) is 3.58. The number of alkyl halides is 1. The second-order valence-corrected chi connectivity index (χ2v) is 4.72. The van der Waals surface area contributed by atoms with E-state index in [1.54, 1.807) is 0 Å². The van der Waals surface area contributed by atoms with Crippen LogP contribution in [0.2, 0.25) is 0 Å². The Morgan fingerprint density at radius 2 is 1.85 bits per heavy atom. The Morgan fingerprint density at radius 1 is 1.31 bits per heavy atom. The molecule has 0 aliphatic carbocycles. The maximum atomic E-state index is 11.8. The van der Waals surface area contributed by atoms with Gasteiger partial charge >= 0.3 is 0 Å². The molecule has 1 aliphatic heterocycles. The predicted molar refractivity (Wildman–Crippen MR) is 58.1 cm³/mol. The zero-order valence-electron chi connectivity index (χ0n) is 8.26. The highest BCUT2D eigenvalue weighted by Crippen LogP contribution is 2.14. The lowest BCUT2D eigenvalue weighted by Crippen LogP contribution is -2.37. The highest BCUT2D eigenvalue weighted by molar-refractivity contribution is 9.10. The summed E-state index contributed by atoms with van der Waals surface area (Å²) in [6, 6.07) is 0. The van der Waals surface area contributed by atoms with Crippen LogP contribution < -0.4 is 0 Å². The fourth-order valence-electron chi connectivity index (χ4n) is 1.66. The van der Waals surface area contributed by atoms with Gasteiger partial charge in [-0.15, -0.1) is 0 Å². The van der Waals surface area contributed by atoms with Gasteiger partial charge in [0.05, 0.1) is 4.83 Å². The van der Waals surface area contributed by atoms with Crippen LogP contribution in [0.3, 0.4) is 0 Å². The van der Waals surface area contributed by atoms with Crippen molar-refractivity contribution in [1.82, 2.24) is 4.90 Å². The molecule has 1 atom stereocenters. The molecule has 0 aromatic carbocycles. The van der Waals surface area contributed by atoms with E-state index in [2.05, 4.69) is 15.9 Å². The summed E-state index contributed by atoms with van der Waals surface area (Å²) < 4.78 is 0. The Bertz CT molecular complexity index is 164. The molecular weight excluding hydrogens is 230 g/mol. The molecule has 1 amide bonds. The molecule has 3 heteroatoms. The molecule has 13 heavy (non-hydrogen) atoms. The minimum absolute atomic E-state index is 0.0330. The average Bonchev–Trinajstić information content (AvgIpc) is 2.43. The second-order valence-electron chi connectivity index (χ2n) is 3.62. The molecule has 1 heterocycles. The Hall–Kier alpha value is -0.0500. The van der Waals surface area contributed by atoms with Crippen LogP contribution in [0.5, 0.6) is 0 Å². The van der Waals surface area contributed by atoms with Crippen molar-refractivity contribution < 1.29 is 4.79 Å². The van der Waals surface area contributed by atoms with Gasteiger partial charge in [0.15, 0.2) is 0 Å². The highest BCUT2D eigenvalue weighted by Gasteiger charge is 2.20.